The molecular formula is C27H33N3O4S. The van der Waals surface area contributed by atoms with E-state index in [1.807, 2.05) is 48.5 Å². The molecule has 0 radical (unpaired) electrons. The Labute approximate surface area is 207 Å². The van der Waals surface area contributed by atoms with Gasteiger partial charge in [0, 0.05) is 26.2 Å². The predicted octanol–water partition coefficient (Wildman–Crippen LogP) is 2.87. The zero-order chi connectivity index (χ0) is 24.9. The maximum absolute atomic E-state index is 11.8. The third-order valence-electron chi connectivity index (χ3n) is 6.70. The summed E-state index contributed by atoms with van der Waals surface area (Å²) in [6.07, 6.45) is 1.51. The molecule has 1 fully saturated rings. The van der Waals surface area contributed by atoms with Crippen molar-refractivity contribution in [3.05, 3.63) is 95.6 Å². The fourth-order valence-electron chi connectivity index (χ4n) is 4.70. The predicted molar refractivity (Wildman–Crippen MR) is 136 cm³/mol. The number of hydrogen-bond donors (Lipinski definition) is 3. The van der Waals surface area contributed by atoms with Crippen LogP contribution in [0.5, 0.6) is 5.75 Å². The lowest BCUT2D eigenvalue weighted by Crippen LogP contribution is -2.36. The van der Waals surface area contributed by atoms with Gasteiger partial charge in [0.15, 0.2) is 0 Å². The highest BCUT2D eigenvalue weighted by molar-refractivity contribution is 7.89. The number of aromatic hydroxyl groups is 1. The van der Waals surface area contributed by atoms with Crippen LogP contribution in [0.4, 0.5) is 0 Å². The highest BCUT2D eigenvalue weighted by atomic mass is 32.2. The summed E-state index contributed by atoms with van der Waals surface area (Å²) in [4.78, 5) is 4.87. The molecular weight excluding hydrogens is 462 g/mol. The summed E-state index contributed by atoms with van der Waals surface area (Å²) >= 11 is 0. The first-order valence-corrected chi connectivity index (χ1v) is 13.4. The van der Waals surface area contributed by atoms with Gasteiger partial charge < -0.3 is 15.1 Å². The summed E-state index contributed by atoms with van der Waals surface area (Å²) in [5.74, 6) is 0.138. The molecule has 1 aliphatic heterocycles. The lowest BCUT2D eigenvalue weighted by molar-refractivity contribution is 0.0575. The van der Waals surface area contributed by atoms with Gasteiger partial charge in [-0.25, -0.2) is 13.6 Å². The van der Waals surface area contributed by atoms with E-state index in [0.29, 0.717) is 12.0 Å². The van der Waals surface area contributed by atoms with Crippen LogP contribution >= 0.6 is 0 Å². The van der Waals surface area contributed by atoms with E-state index in [9.17, 15) is 18.6 Å². The van der Waals surface area contributed by atoms with Gasteiger partial charge >= 0.3 is 0 Å². The van der Waals surface area contributed by atoms with E-state index in [1.165, 1.54) is 0 Å². The number of nitrogens with two attached hydrogens (primary N) is 1. The van der Waals surface area contributed by atoms with Crippen molar-refractivity contribution in [1.29, 1.82) is 0 Å². The Hall–Kier alpha value is -2.75. The van der Waals surface area contributed by atoms with Crippen LogP contribution in [-0.4, -0.2) is 61.2 Å². The fourth-order valence-corrected chi connectivity index (χ4v) is 5.22. The topological polar surface area (TPSA) is 107 Å². The van der Waals surface area contributed by atoms with Crippen molar-refractivity contribution in [2.24, 2.45) is 5.14 Å². The number of rotatable bonds is 8. The largest absolute Gasteiger partial charge is 0.508 e. The van der Waals surface area contributed by atoms with Gasteiger partial charge in [-0.3, -0.25) is 4.90 Å². The van der Waals surface area contributed by atoms with Gasteiger partial charge in [0.1, 0.15) is 11.4 Å². The second-order valence-electron chi connectivity index (χ2n) is 9.19. The van der Waals surface area contributed by atoms with Gasteiger partial charge in [-0.1, -0.05) is 54.6 Å². The summed E-state index contributed by atoms with van der Waals surface area (Å²) in [5.41, 5.74) is 1.35. The minimum atomic E-state index is -3.68. The molecule has 3 aromatic rings. The SMILES string of the molecule is NS(=O)(=O)c1ccc(CN2CCCN(CCC(O)(c3ccccc3)c3cccc(O)c3)CC2)cc1. The molecule has 1 atom stereocenters. The number of phenols is 1. The normalized spacial score (nSPS) is 17.5. The molecule has 8 heteroatoms. The van der Waals surface area contributed by atoms with Gasteiger partial charge in [-0.05, 0) is 66.9 Å². The van der Waals surface area contributed by atoms with E-state index >= 15 is 0 Å². The first kappa shape index (κ1) is 25.3. The molecule has 186 valence electrons. The molecule has 0 bridgehead atoms. The first-order chi connectivity index (χ1) is 16.7. The van der Waals surface area contributed by atoms with E-state index in [2.05, 4.69) is 9.80 Å². The summed E-state index contributed by atoms with van der Waals surface area (Å²) in [5, 5.41) is 27.0. The number of hydrogen-bond acceptors (Lipinski definition) is 6. The van der Waals surface area contributed by atoms with Gasteiger partial charge in [-0.2, -0.15) is 0 Å². The molecule has 0 spiro atoms. The number of primary sulfonamides is 1. The maximum Gasteiger partial charge on any atom is 0.238 e. The van der Waals surface area contributed by atoms with Gasteiger partial charge in [0.05, 0.1) is 4.90 Å². The van der Waals surface area contributed by atoms with Crippen LogP contribution < -0.4 is 5.14 Å². The molecule has 7 nitrogen and oxygen atoms in total. The molecule has 0 aromatic heterocycles. The monoisotopic (exact) mass is 495 g/mol. The zero-order valence-corrected chi connectivity index (χ0v) is 20.6. The quantitative estimate of drug-likeness (QED) is 0.444. The van der Waals surface area contributed by atoms with Crippen LogP contribution in [0.2, 0.25) is 0 Å². The average Bonchev–Trinajstić information content (AvgIpc) is 3.08. The maximum atomic E-state index is 11.8. The molecule has 1 aliphatic rings. The average molecular weight is 496 g/mol. The van der Waals surface area contributed by atoms with Crippen LogP contribution in [0.25, 0.3) is 0 Å². The van der Waals surface area contributed by atoms with Crippen molar-refractivity contribution in [2.45, 2.75) is 29.9 Å². The molecule has 0 amide bonds. The first-order valence-electron chi connectivity index (χ1n) is 11.9. The minimum Gasteiger partial charge on any atom is -0.508 e. The fraction of sp³-hybridized carbons (Fsp3) is 0.333. The van der Waals surface area contributed by atoms with E-state index in [4.69, 9.17) is 5.14 Å². The van der Waals surface area contributed by atoms with E-state index in [1.54, 1.807) is 30.3 Å². The summed E-state index contributed by atoms with van der Waals surface area (Å²) < 4.78 is 23.0. The van der Waals surface area contributed by atoms with Crippen LogP contribution in [0.3, 0.4) is 0 Å². The van der Waals surface area contributed by atoms with Crippen molar-refractivity contribution in [3.8, 4) is 5.75 Å². The molecule has 1 saturated heterocycles. The van der Waals surface area contributed by atoms with Crippen molar-refractivity contribution in [2.75, 3.05) is 32.7 Å². The Balaban J connectivity index is 1.39. The molecule has 0 aliphatic carbocycles. The van der Waals surface area contributed by atoms with Crippen LogP contribution in [0.1, 0.15) is 29.5 Å². The Bertz CT molecular complexity index is 1220. The third kappa shape index (κ3) is 6.48. The van der Waals surface area contributed by atoms with E-state index < -0.39 is 15.6 Å². The smallest absolute Gasteiger partial charge is 0.238 e. The van der Waals surface area contributed by atoms with Gasteiger partial charge in [0.2, 0.25) is 10.0 Å². The number of aliphatic hydroxyl groups is 1. The lowest BCUT2D eigenvalue weighted by atomic mass is 9.83. The summed E-state index contributed by atoms with van der Waals surface area (Å²) in [6, 6.07) is 23.2. The molecule has 35 heavy (non-hydrogen) atoms. The van der Waals surface area contributed by atoms with E-state index in [0.717, 1.165) is 56.8 Å². The number of nitrogens with zero attached hydrogens (tertiary/aromatic N) is 2. The van der Waals surface area contributed by atoms with E-state index in [-0.39, 0.29) is 10.6 Å². The highest BCUT2D eigenvalue weighted by Crippen LogP contribution is 2.34. The second-order valence-corrected chi connectivity index (χ2v) is 10.7. The Morgan fingerprint density at radius 2 is 1.49 bits per heavy atom. The van der Waals surface area contributed by atoms with Crippen molar-refractivity contribution in [3.63, 3.8) is 0 Å². The second kappa shape index (κ2) is 10.9. The number of phenolic OH excluding ortho intramolecular Hbond substituents is 1. The standard InChI is InChI=1S/C27H33N3O4S/c28-35(33,34)26-12-10-22(11-13-26)21-30-16-5-15-29(18-19-30)17-14-27(32,23-6-2-1-3-7-23)24-8-4-9-25(31)20-24/h1-4,6-13,20,31-32H,5,14-19,21H2,(H2,28,33,34). The Kier molecular flexibility index (Phi) is 7.88. The number of benzene rings is 3. The summed E-state index contributed by atoms with van der Waals surface area (Å²) in [6.45, 7) is 5.11. The minimum absolute atomic E-state index is 0.126. The third-order valence-corrected chi connectivity index (χ3v) is 7.63. The number of sulfonamides is 1. The Morgan fingerprint density at radius 1 is 0.829 bits per heavy atom. The zero-order valence-electron chi connectivity index (χ0n) is 19.8. The van der Waals surface area contributed by atoms with Gasteiger partial charge in [0.25, 0.3) is 0 Å². The van der Waals surface area contributed by atoms with Crippen molar-refractivity contribution >= 4 is 10.0 Å². The molecule has 4 rings (SSSR count). The highest BCUT2D eigenvalue weighted by Gasteiger charge is 2.32. The molecule has 1 unspecified atom stereocenters. The van der Waals surface area contributed by atoms with Crippen LogP contribution in [0, 0.1) is 0 Å². The lowest BCUT2D eigenvalue weighted by Gasteiger charge is -2.32. The van der Waals surface area contributed by atoms with Gasteiger partial charge in [-0.15, -0.1) is 0 Å². The van der Waals surface area contributed by atoms with Crippen LogP contribution in [0.15, 0.2) is 83.8 Å². The molecule has 1 heterocycles. The Morgan fingerprint density at radius 3 is 2.17 bits per heavy atom. The van der Waals surface area contributed by atoms with Crippen molar-refractivity contribution < 1.29 is 18.6 Å². The molecule has 3 aromatic carbocycles. The van der Waals surface area contributed by atoms with Crippen molar-refractivity contribution in [1.82, 2.24) is 9.80 Å². The molecule has 4 N–H and O–H groups in total. The molecule has 0 saturated carbocycles. The summed E-state index contributed by atoms with van der Waals surface area (Å²) in [7, 11) is -3.68. The van der Waals surface area contributed by atoms with Crippen LogP contribution in [-0.2, 0) is 22.2 Å².